The Kier molecular flexibility index (Phi) is 5.97. The van der Waals surface area contributed by atoms with E-state index in [0.29, 0.717) is 18.7 Å². The van der Waals surface area contributed by atoms with Crippen molar-refractivity contribution in [3.05, 3.63) is 34.4 Å². The van der Waals surface area contributed by atoms with Crippen LogP contribution in [0.3, 0.4) is 0 Å². The zero-order valence-corrected chi connectivity index (χ0v) is 11.1. The number of nitriles is 1. The predicted octanol–water partition coefficient (Wildman–Crippen LogP) is 1.74. The van der Waals surface area contributed by atoms with Crippen LogP contribution in [0.25, 0.3) is 0 Å². The average molecular weight is 277 g/mol. The first kappa shape index (κ1) is 15.4. The van der Waals surface area contributed by atoms with Crippen molar-refractivity contribution in [2.75, 3.05) is 20.2 Å². The molecule has 0 N–H and O–H groups in total. The highest BCUT2D eigenvalue weighted by Gasteiger charge is 2.09. The van der Waals surface area contributed by atoms with E-state index < -0.39 is 4.92 Å². The Morgan fingerprint density at radius 3 is 2.65 bits per heavy atom. The average Bonchev–Trinajstić information content (AvgIpc) is 2.45. The fourth-order valence-corrected chi connectivity index (χ4v) is 1.45. The standard InChI is InChI=1S/C13H15N3O4/c1-15(9-2-8-14)13(17)7-10-20-12-5-3-11(4-6-12)16(18)19/h3-6H,2,7,9-10H2,1H3. The highest BCUT2D eigenvalue weighted by Crippen LogP contribution is 2.17. The van der Waals surface area contributed by atoms with Crippen molar-refractivity contribution in [3.8, 4) is 11.8 Å². The minimum Gasteiger partial charge on any atom is -0.493 e. The maximum Gasteiger partial charge on any atom is 0.269 e. The van der Waals surface area contributed by atoms with Crippen molar-refractivity contribution in [3.63, 3.8) is 0 Å². The van der Waals surface area contributed by atoms with Crippen molar-refractivity contribution in [2.45, 2.75) is 12.8 Å². The first-order valence-electron chi connectivity index (χ1n) is 6.02. The Bertz CT molecular complexity index is 507. The first-order chi connectivity index (χ1) is 9.54. The monoisotopic (exact) mass is 277 g/mol. The van der Waals surface area contributed by atoms with Gasteiger partial charge in [-0.1, -0.05) is 0 Å². The summed E-state index contributed by atoms with van der Waals surface area (Å²) in [6.45, 7) is 0.584. The number of ether oxygens (including phenoxy) is 1. The third-order valence-electron chi connectivity index (χ3n) is 2.62. The maximum absolute atomic E-state index is 11.6. The van der Waals surface area contributed by atoms with Gasteiger partial charge < -0.3 is 9.64 Å². The van der Waals surface area contributed by atoms with E-state index in [9.17, 15) is 14.9 Å². The molecule has 1 rings (SSSR count). The van der Waals surface area contributed by atoms with Crippen molar-refractivity contribution in [2.24, 2.45) is 0 Å². The SMILES string of the molecule is CN(CCC#N)C(=O)CCOc1ccc([N+](=O)[O-])cc1. The summed E-state index contributed by atoms with van der Waals surface area (Å²) in [5.74, 6) is 0.366. The molecule has 106 valence electrons. The first-order valence-corrected chi connectivity index (χ1v) is 6.02. The zero-order chi connectivity index (χ0) is 15.0. The molecule has 0 aromatic heterocycles. The molecule has 7 nitrogen and oxygen atoms in total. The van der Waals surface area contributed by atoms with Crippen LogP contribution in [0, 0.1) is 21.4 Å². The minimum atomic E-state index is -0.489. The molecule has 0 aliphatic heterocycles. The number of hydrogen-bond acceptors (Lipinski definition) is 5. The lowest BCUT2D eigenvalue weighted by molar-refractivity contribution is -0.384. The second-order valence-electron chi connectivity index (χ2n) is 4.07. The van der Waals surface area contributed by atoms with Gasteiger partial charge in [0, 0.05) is 25.7 Å². The largest absolute Gasteiger partial charge is 0.493 e. The number of amides is 1. The molecule has 0 aliphatic carbocycles. The number of carbonyl (C=O) groups excluding carboxylic acids is 1. The quantitative estimate of drug-likeness (QED) is 0.558. The van der Waals surface area contributed by atoms with Crippen LogP contribution in [0.2, 0.25) is 0 Å². The summed E-state index contributed by atoms with van der Waals surface area (Å²) in [5, 5.41) is 18.9. The second kappa shape index (κ2) is 7.74. The van der Waals surface area contributed by atoms with E-state index in [1.54, 1.807) is 7.05 Å². The van der Waals surface area contributed by atoms with Gasteiger partial charge in [-0.05, 0) is 12.1 Å². The van der Waals surface area contributed by atoms with Crippen LogP contribution < -0.4 is 4.74 Å². The number of nitro groups is 1. The van der Waals surface area contributed by atoms with Gasteiger partial charge in [-0.15, -0.1) is 0 Å². The Hall–Kier alpha value is -2.62. The third kappa shape index (κ3) is 4.94. The highest BCUT2D eigenvalue weighted by molar-refractivity contribution is 5.75. The number of non-ortho nitro benzene ring substituents is 1. The smallest absolute Gasteiger partial charge is 0.269 e. The summed E-state index contributed by atoms with van der Waals surface area (Å²) in [5.41, 5.74) is -0.00957. The molecule has 0 saturated heterocycles. The van der Waals surface area contributed by atoms with Crippen LogP contribution in [0.1, 0.15) is 12.8 Å². The number of nitrogens with zero attached hydrogens (tertiary/aromatic N) is 3. The maximum atomic E-state index is 11.6. The molecule has 0 radical (unpaired) electrons. The molecule has 1 amide bonds. The van der Waals surface area contributed by atoms with Crippen LogP contribution in [-0.4, -0.2) is 35.9 Å². The molecular formula is C13H15N3O4. The molecule has 0 heterocycles. The summed E-state index contributed by atoms with van der Waals surface area (Å²) < 4.78 is 5.33. The van der Waals surface area contributed by atoms with Gasteiger partial charge >= 0.3 is 0 Å². The van der Waals surface area contributed by atoms with E-state index in [2.05, 4.69) is 0 Å². The van der Waals surface area contributed by atoms with E-state index in [1.165, 1.54) is 29.2 Å². The van der Waals surface area contributed by atoms with Crippen LogP contribution >= 0.6 is 0 Å². The van der Waals surface area contributed by atoms with Gasteiger partial charge in [0.15, 0.2) is 0 Å². The van der Waals surface area contributed by atoms with Crippen LogP contribution in [-0.2, 0) is 4.79 Å². The van der Waals surface area contributed by atoms with Crippen LogP contribution in [0.5, 0.6) is 5.75 Å². The Morgan fingerprint density at radius 2 is 2.10 bits per heavy atom. The van der Waals surface area contributed by atoms with Gasteiger partial charge in [-0.3, -0.25) is 14.9 Å². The number of benzene rings is 1. The molecule has 0 saturated carbocycles. The summed E-state index contributed by atoms with van der Waals surface area (Å²) >= 11 is 0. The minimum absolute atomic E-state index is 0.00957. The summed E-state index contributed by atoms with van der Waals surface area (Å²) in [6.07, 6.45) is 0.490. The third-order valence-corrected chi connectivity index (χ3v) is 2.62. The predicted molar refractivity (Wildman–Crippen MR) is 71.1 cm³/mol. The molecule has 0 fully saturated rings. The highest BCUT2D eigenvalue weighted by atomic mass is 16.6. The van der Waals surface area contributed by atoms with Gasteiger partial charge in [0.2, 0.25) is 5.91 Å². The van der Waals surface area contributed by atoms with Gasteiger partial charge in [-0.2, -0.15) is 5.26 Å². The zero-order valence-electron chi connectivity index (χ0n) is 11.1. The van der Waals surface area contributed by atoms with Crippen LogP contribution in [0.4, 0.5) is 5.69 Å². The van der Waals surface area contributed by atoms with Gasteiger partial charge in [0.05, 0.1) is 30.4 Å². The number of rotatable bonds is 7. The lowest BCUT2D eigenvalue weighted by Gasteiger charge is -2.15. The molecule has 0 aliphatic rings. The number of carbonyl (C=O) groups is 1. The van der Waals surface area contributed by atoms with Crippen molar-refractivity contribution < 1.29 is 14.5 Å². The fourth-order valence-electron chi connectivity index (χ4n) is 1.45. The van der Waals surface area contributed by atoms with Gasteiger partial charge in [0.25, 0.3) is 5.69 Å². The Morgan fingerprint density at radius 1 is 1.45 bits per heavy atom. The number of nitro benzene ring substituents is 1. The summed E-state index contributed by atoms with van der Waals surface area (Å²) in [7, 11) is 1.63. The molecule has 0 unspecified atom stereocenters. The number of hydrogen-bond donors (Lipinski definition) is 0. The van der Waals surface area contributed by atoms with E-state index in [4.69, 9.17) is 10.00 Å². The Balaban J connectivity index is 2.35. The van der Waals surface area contributed by atoms with E-state index in [0.717, 1.165) is 0 Å². The molecule has 1 aromatic rings. The topological polar surface area (TPSA) is 96.5 Å². The normalized spacial score (nSPS) is 9.60. The second-order valence-corrected chi connectivity index (χ2v) is 4.07. The molecule has 1 aromatic carbocycles. The van der Waals surface area contributed by atoms with Gasteiger partial charge in [-0.25, -0.2) is 0 Å². The molecule has 0 atom stereocenters. The molecule has 0 spiro atoms. The lowest BCUT2D eigenvalue weighted by Crippen LogP contribution is -2.28. The summed E-state index contributed by atoms with van der Waals surface area (Å²) in [6, 6.07) is 7.63. The fraction of sp³-hybridized carbons (Fsp3) is 0.385. The van der Waals surface area contributed by atoms with E-state index in [1.807, 2.05) is 6.07 Å². The summed E-state index contributed by atoms with van der Waals surface area (Å²) in [4.78, 5) is 23.1. The molecule has 0 bridgehead atoms. The van der Waals surface area contributed by atoms with E-state index in [-0.39, 0.29) is 24.6 Å². The Labute approximate surface area is 116 Å². The molecule has 20 heavy (non-hydrogen) atoms. The molecular weight excluding hydrogens is 262 g/mol. The van der Waals surface area contributed by atoms with E-state index >= 15 is 0 Å². The van der Waals surface area contributed by atoms with Gasteiger partial charge in [0.1, 0.15) is 5.75 Å². The molecule has 7 heteroatoms. The van der Waals surface area contributed by atoms with Crippen molar-refractivity contribution in [1.82, 2.24) is 4.90 Å². The van der Waals surface area contributed by atoms with Crippen molar-refractivity contribution in [1.29, 1.82) is 5.26 Å². The lowest BCUT2D eigenvalue weighted by atomic mass is 10.3. The van der Waals surface area contributed by atoms with Crippen LogP contribution in [0.15, 0.2) is 24.3 Å². The van der Waals surface area contributed by atoms with Crippen molar-refractivity contribution >= 4 is 11.6 Å².